The van der Waals surface area contributed by atoms with E-state index in [1.165, 1.54) is 4.90 Å². The Morgan fingerprint density at radius 1 is 0.949 bits per heavy atom. The van der Waals surface area contributed by atoms with Crippen LogP contribution in [0.2, 0.25) is 0 Å². The molecule has 8 nitrogen and oxygen atoms in total. The van der Waals surface area contributed by atoms with Crippen LogP contribution in [0, 0.1) is 6.92 Å². The van der Waals surface area contributed by atoms with Crippen molar-refractivity contribution < 1.29 is 22.7 Å². The summed E-state index contributed by atoms with van der Waals surface area (Å²) < 4.78 is 32.4. The van der Waals surface area contributed by atoms with Crippen molar-refractivity contribution in [1.82, 2.24) is 10.2 Å². The number of sulfonamides is 1. The molecule has 0 aliphatic rings. The van der Waals surface area contributed by atoms with Crippen LogP contribution in [0.1, 0.15) is 37.0 Å². The number of amides is 2. The number of anilines is 1. The standard InChI is InChI=1S/C30H37N3O5S/c1-5-19-31-30(35)24(3)32(20-26-14-10-9-11-23(26)2)29(34)21-33(39(4,36)37)27-15-17-28(18-16-27)38-22-25-12-7-6-8-13-25/h6-18,24H,5,19-22H2,1-4H3,(H,31,35)/t24-/m1/s1. The highest BCUT2D eigenvalue weighted by Gasteiger charge is 2.30. The normalized spacial score (nSPS) is 11.9. The summed E-state index contributed by atoms with van der Waals surface area (Å²) in [7, 11) is -3.81. The molecule has 3 aromatic rings. The second-order valence-corrected chi connectivity index (χ2v) is 11.4. The SMILES string of the molecule is CCCNC(=O)[C@@H](C)N(Cc1ccccc1C)C(=O)CN(c1ccc(OCc2ccccc2)cc1)S(C)(=O)=O. The third kappa shape index (κ3) is 8.58. The molecular formula is C30H37N3O5S. The van der Waals surface area contributed by atoms with Gasteiger partial charge in [0.25, 0.3) is 0 Å². The van der Waals surface area contributed by atoms with Crippen molar-refractivity contribution >= 4 is 27.5 Å². The third-order valence-corrected chi connectivity index (χ3v) is 7.51. The van der Waals surface area contributed by atoms with E-state index in [0.29, 0.717) is 24.6 Å². The molecule has 208 valence electrons. The van der Waals surface area contributed by atoms with E-state index >= 15 is 0 Å². The average Bonchev–Trinajstić information content (AvgIpc) is 2.93. The summed E-state index contributed by atoms with van der Waals surface area (Å²) in [6, 6.07) is 23.1. The Morgan fingerprint density at radius 2 is 1.59 bits per heavy atom. The monoisotopic (exact) mass is 551 g/mol. The molecule has 9 heteroatoms. The van der Waals surface area contributed by atoms with Crippen molar-refractivity contribution in [3.8, 4) is 5.75 Å². The zero-order chi connectivity index (χ0) is 28.4. The number of nitrogens with one attached hydrogen (secondary N) is 1. The molecule has 0 aromatic heterocycles. The van der Waals surface area contributed by atoms with E-state index in [9.17, 15) is 18.0 Å². The topological polar surface area (TPSA) is 96.0 Å². The van der Waals surface area contributed by atoms with E-state index in [4.69, 9.17) is 4.74 Å². The number of hydrogen-bond donors (Lipinski definition) is 1. The van der Waals surface area contributed by atoms with Crippen molar-refractivity contribution in [2.75, 3.05) is 23.7 Å². The number of nitrogens with zero attached hydrogens (tertiary/aromatic N) is 2. The van der Waals surface area contributed by atoms with E-state index in [-0.39, 0.29) is 12.5 Å². The van der Waals surface area contributed by atoms with Gasteiger partial charge in [0.2, 0.25) is 21.8 Å². The molecule has 0 saturated heterocycles. The molecule has 1 atom stereocenters. The lowest BCUT2D eigenvalue weighted by molar-refractivity contribution is -0.139. The van der Waals surface area contributed by atoms with Crippen molar-refractivity contribution in [3.63, 3.8) is 0 Å². The zero-order valence-electron chi connectivity index (χ0n) is 23.0. The van der Waals surface area contributed by atoms with Crippen LogP contribution in [-0.2, 0) is 32.8 Å². The minimum Gasteiger partial charge on any atom is -0.489 e. The Morgan fingerprint density at radius 3 is 2.21 bits per heavy atom. The predicted octanol–water partition coefficient (Wildman–Crippen LogP) is 4.28. The van der Waals surface area contributed by atoms with Gasteiger partial charge in [-0.3, -0.25) is 13.9 Å². The maximum absolute atomic E-state index is 13.7. The fourth-order valence-corrected chi connectivity index (χ4v) is 4.86. The molecule has 0 heterocycles. The number of carbonyl (C=O) groups excluding carboxylic acids is 2. The molecule has 0 radical (unpaired) electrons. The summed E-state index contributed by atoms with van der Waals surface area (Å²) in [5.74, 6) is -0.193. The molecule has 0 bridgehead atoms. The Balaban J connectivity index is 1.82. The lowest BCUT2D eigenvalue weighted by Gasteiger charge is -2.32. The Bertz CT molecular complexity index is 1340. The molecule has 3 rings (SSSR count). The number of benzene rings is 3. The second-order valence-electron chi connectivity index (χ2n) is 9.45. The molecule has 0 fully saturated rings. The van der Waals surface area contributed by atoms with E-state index in [2.05, 4.69) is 5.32 Å². The van der Waals surface area contributed by atoms with Gasteiger partial charge in [-0.2, -0.15) is 0 Å². The van der Waals surface area contributed by atoms with Gasteiger partial charge in [0.05, 0.1) is 11.9 Å². The quantitative estimate of drug-likeness (QED) is 0.342. The maximum Gasteiger partial charge on any atom is 0.244 e. The minimum atomic E-state index is -3.81. The first-order chi connectivity index (χ1) is 18.6. The van der Waals surface area contributed by atoms with Crippen LogP contribution >= 0.6 is 0 Å². The third-order valence-electron chi connectivity index (χ3n) is 6.37. The van der Waals surface area contributed by atoms with Gasteiger partial charge >= 0.3 is 0 Å². The number of hydrogen-bond acceptors (Lipinski definition) is 5. The second kappa shape index (κ2) is 13.8. The van der Waals surface area contributed by atoms with Gasteiger partial charge in [0.15, 0.2) is 0 Å². The van der Waals surface area contributed by atoms with E-state index < -0.39 is 28.5 Å². The summed E-state index contributed by atoms with van der Waals surface area (Å²) in [5, 5.41) is 2.83. The van der Waals surface area contributed by atoms with E-state index in [0.717, 1.165) is 33.7 Å². The van der Waals surface area contributed by atoms with Gasteiger partial charge in [-0.05, 0) is 61.2 Å². The first kappa shape index (κ1) is 29.7. The summed E-state index contributed by atoms with van der Waals surface area (Å²) in [6.45, 7) is 6.14. The summed E-state index contributed by atoms with van der Waals surface area (Å²) >= 11 is 0. The fraction of sp³-hybridized carbons (Fsp3) is 0.333. The fourth-order valence-electron chi connectivity index (χ4n) is 4.01. The highest BCUT2D eigenvalue weighted by Crippen LogP contribution is 2.23. The van der Waals surface area contributed by atoms with Crippen LogP contribution in [0.3, 0.4) is 0 Å². The molecule has 0 unspecified atom stereocenters. The Labute approximate surface area is 231 Å². The molecule has 3 aromatic carbocycles. The predicted molar refractivity (Wildman–Crippen MR) is 154 cm³/mol. The van der Waals surface area contributed by atoms with E-state index in [1.807, 2.05) is 68.4 Å². The molecule has 0 spiro atoms. The highest BCUT2D eigenvalue weighted by atomic mass is 32.2. The van der Waals surface area contributed by atoms with Crippen molar-refractivity contribution in [1.29, 1.82) is 0 Å². The van der Waals surface area contributed by atoms with Gasteiger partial charge in [0, 0.05) is 13.1 Å². The van der Waals surface area contributed by atoms with Crippen molar-refractivity contribution in [3.05, 3.63) is 95.6 Å². The molecule has 0 aliphatic carbocycles. The molecule has 2 amide bonds. The zero-order valence-corrected chi connectivity index (χ0v) is 23.8. The largest absolute Gasteiger partial charge is 0.489 e. The van der Waals surface area contributed by atoms with Crippen LogP contribution in [0.4, 0.5) is 5.69 Å². The van der Waals surface area contributed by atoms with Crippen LogP contribution < -0.4 is 14.4 Å². The lowest BCUT2D eigenvalue weighted by atomic mass is 10.1. The number of aryl methyl sites for hydroxylation is 1. The maximum atomic E-state index is 13.7. The molecule has 0 saturated carbocycles. The van der Waals surface area contributed by atoms with Crippen molar-refractivity contribution in [2.45, 2.75) is 46.4 Å². The molecular weight excluding hydrogens is 514 g/mol. The first-order valence-electron chi connectivity index (χ1n) is 13.0. The summed E-state index contributed by atoms with van der Waals surface area (Å²) in [6.07, 6.45) is 1.82. The first-order valence-corrected chi connectivity index (χ1v) is 14.8. The van der Waals surface area contributed by atoms with Gasteiger partial charge in [-0.1, -0.05) is 61.5 Å². The van der Waals surface area contributed by atoms with Gasteiger partial charge < -0.3 is 15.0 Å². The van der Waals surface area contributed by atoms with Crippen LogP contribution in [0.5, 0.6) is 5.75 Å². The summed E-state index contributed by atoms with van der Waals surface area (Å²) in [5.41, 5.74) is 3.20. The van der Waals surface area contributed by atoms with Gasteiger partial charge in [-0.25, -0.2) is 8.42 Å². The Kier molecular flexibility index (Phi) is 10.5. The highest BCUT2D eigenvalue weighted by molar-refractivity contribution is 7.92. The number of ether oxygens (including phenoxy) is 1. The van der Waals surface area contributed by atoms with Crippen LogP contribution in [0.15, 0.2) is 78.9 Å². The smallest absolute Gasteiger partial charge is 0.244 e. The molecule has 0 aliphatic heterocycles. The average molecular weight is 552 g/mol. The lowest BCUT2D eigenvalue weighted by Crippen LogP contribution is -2.51. The number of carbonyl (C=O) groups is 2. The van der Waals surface area contributed by atoms with Gasteiger partial charge in [0.1, 0.15) is 24.9 Å². The van der Waals surface area contributed by atoms with Crippen molar-refractivity contribution in [2.24, 2.45) is 0 Å². The summed E-state index contributed by atoms with van der Waals surface area (Å²) in [4.78, 5) is 27.9. The molecule has 1 N–H and O–H groups in total. The Hall–Kier alpha value is -3.85. The number of rotatable bonds is 13. The van der Waals surface area contributed by atoms with Crippen LogP contribution in [0.25, 0.3) is 0 Å². The molecule has 39 heavy (non-hydrogen) atoms. The van der Waals surface area contributed by atoms with Gasteiger partial charge in [-0.15, -0.1) is 0 Å². The van der Waals surface area contributed by atoms with E-state index in [1.54, 1.807) is 31.2 Å². The van der Waals surface area contributed by atoms with Crippen LogP contribution in [-0.4, -0.2) is 50.5 Å². The minimum absolute atomic E-state index is 0.177.